The van der Waals surface area contributed by atoms with E-state index in [4.69, 9.17) is 21.9 Å². The van der Waals surface area contributed by atoms with Crippen molar-refractivity contribution in [3.05, 3.63) is 56.4 Å². The van der Waals surface area contributed by atoms with Gasteiger partial charge >= 0.3 is 0 Å². The summed E-state index contributed by atoms with van der Waals surface area (Å²) in [6.45, 7) is 0. The zero-order chi connectivity index (χ0) is 15.0. The minimum atomic E-state index is 0.290. The maximum Gasteiger partial charge on any atom is 0.230 e. The molecule has 3 nitrogen and oxygen atoms in total. The fraction of sp³-hybridized carbons (Fsp3) is 0. The van der Waals surface area contributed by atoms with Crippen LogP contribution in [-0.2, 0) is 0 Å². The van der Waals surface area contributed by atoms with Gasteiger partial charge in [-0.25, -0.2) is 0 Å². The number of hydrogen-bond acceptors (Lipinski definition) is 3. The molecule has 106 valence electrons. The molecule has 0 fully saturated rings. The van der Waals surface area contributed by atoms with E-state index in [1.54, 1.807) is 6.07 Å². The number of halogens is 3. The fourth-order valence-corrected chi connectivity index (χ4v) is 2.80. The van der Waals surface area contributed by atoms with Crippen molar-refractivity contribution in [2.75, 3.05) is 5.73 Å². The Labute approximate surface area is 143 Å². The third-order valence-electron chi connectivity index (χ3n) is 3.04. The van der Waals surface area contributed by atoms with E-state index in [2.05, 4.69) is 37.0 Å². The minimum absolute atomic E-state index is 0.290. The predicted molar refractivity (Wildman–Crippen MR) is 92.2 cm³/mol. The zero-order valence-corrected chi connectivity index (χ0v) is 14.5. The highest BCUT2D eigenvalue weighted by Gasteiger charge is 2.18. The van der Waals surface area contributed by atoms with Crippen molar-refractivity contribution in [2.45, 2.75) is 0 Å². The lowest BCUT2D eigenvalue weighted by Gasteiger charge is -2.04. The Bertz CT molecular complexity index is 800. The number of nitrogens with two attached hydrogens (primary N) is 1. The number of rotatable bonds is 2. The number of nitrogen functional groups attached to an aromatic ring is 1. The first-order valence-corrected chi connectivity index (χ1v) is 7.99. The van der Waals surface area contributed by atoms with Gasteiger partial charge in [0.2, 0.25) is 5.88 Å². The van der Waals surface area contributed by atoms with E-state index >= 15 is 0 Å². The van der Waals surface area contributed by atoms with E-state index in [1.807, 2.05) is 36.4 Å². The number of hydrogen-bond donors (Lipinski definition) is 1. The average molecular weight is 429 g/mol. The summed E-state index contributed by atoms with van der Waals surface area (Å²) in [6, 6.07) is 13.4. The fourth-order valence-electron chi connectivity index (χ4n) is 2.04. The molecule has 0 saturated heterocycles. The first-order valence-electron chi connectivity index (χ1n) is 6.03. The summed E-state index contributed by atoms with van der Waals surface area (Å²) in [4.78, 5) is 0. The molecule has 0 bridgehead atoms. The van der Waals surface area contributed by atoms with E-state index in [1.165, 1.54) is 0 Å². The van der Waals surface area contributed by atoms with Crippen molar-refractivity contribution >= 4 is 49.3 Å². The minimum Gasteiger partial charge on any atom is -0.367 e. The molecule has 0 spiro atoms. The topological polar surface area (TPSA) is 52.0 Å². The Hall–Kier alpha value is -1.30. The van der Waals surface area contributed by atoms with E-state index in [9.17, 15) is 0 Å². The van der Waals surface area contributed by atoms with Crippen molar-refractivity contribution in [1.29, 1.82) is 0 Å². The Balaban J connectivity index is 2.16. The van der Waals surface area contributed by atoms with E-state index < -0.39 is 0 Å². The molecule has 0 aliphatic heterocycles. The highest BCUT2D eigenvalue weighted by molar-refractivity contribution is 9.10. The van der Waals surface area contributed by atoms with Gasteiger partial charge in [0.15, 0.2) is 0 Å². The first-order chi connectivity index (χ1) is 10.1. The van der Waals surface area contributed by atoms with Gasteiger partial charge in [-0.15, -0.1) is 0 Å². The zero-order valence-electron chi connectivity index (χ0n) is 10.6. The Kier molecular flexibility index (Phi) is 4.06. The van der Waals surface area contributed by atoms with Gasteiger partial charge in [0.05, 0.1) is 10.6 Å². The molecule has 21 heavy (non-hydrogen) atoms. The Morgan fingerprint density at radius 2 is 1.67 bits per heavy atom. The summed E-state index contributed by atoms with van der Waals surface area (Å²) >= 11 is 12.9. The van der Waals surface area contributed by atoms with Crippen LogP contribution in [0.3, 0.4) is 0 Å². The molecular formula is C15H9Br2ClN2O. The largest absolute Gasteiger partial charge is 0.367 e. The highest BCUT2D eigenvalue weighted by Crippen LogP contribution is 2.38. The molecule has 0 aliphatic carbocycles. The highest BCUT2D eigenvalue weighted by atomic mass is 79.9. The van der Waals surface area contributed by atoms with Crippen molar-refractivity contribution in [2.24, 2.45) is 0 Å². The second-order valence-electron chi connectivity index (χ2n) is 4.41. The molecule has 2 N–H and O–H groups in total. The summed E-state index contributed by atoms with van der Waals surface area (Å²) in [5, 5.41) is 4.72. The molecule has 0 unspecified atom stereocenters. The van der Waals surface area contributed by atoms with Crippen molar-refractivity contribution in [1.82, 2.24) is 5.16 Å². The summed E-state index contributed by atoms with van der Waals surface area (Å²) in [5.74, 6) is 0.290. The maximum atomic E-state index is 6.03. The molecule has 0 amide bonds. The van der Waals surface area contributed by atoms with Gasteiger partial charge in [0, 0.05) is 14.5 Å². The van der Waals surface area contributed by atoms with Gasteiger partial charge in [0.25, 0.3) is 0 Å². The molecule has 2 aromatic carbocycles. The molecule has 3 rings (SSSR count). The lowest BCUT2D eigenvalue weighted by molar-refractivity contribution is 0.439. The van der Waals surface area contributed by atoms with E-state index in [-0.39, 0.29) is 0 Å². The van der Waals surface area contributed by atoms with Crippen molar-refractivity contribution in [3.63, 3.8) is 0 Å². The molecular weight excluding hydrogens is 419 g/mol. The Morgan fingerprint density at radius 3 is 2.33 bits per heavy atom. The first kappa shape index (κ1) is 14.6. The van der Waals surface area contributed by atoms with Crippen LogP contribution in [0.2, 0.25) is 5.02 Å². The SMILES string of the molecule is Nc1onc(-c2ccc(Cl)c(Br)c2)c1-c1ccc(Br)cc1. The third kappa shape index (κ3) is 2.86. The number of aromatic nitrogens is 1. The summed E-state index contributed by atoms with van der Waals surface area (Å²) < 4.78 is 6.97. The van der Waals surface area contributed by atoms with Gasteiger partial charge in [-0.1, -0.05) is 50.9 Å². The van der Waals surface area contributed by atoms with Gasteiger partial charge in [-0.2, -0.15) is 0 Å². The molecule has 1 heterocycles. The van der Waals surface area contributed by atoms with Crippen LogP contribution in [0.25, 0.3) is 22.4 Å². The average Bonchev–Trinajstić information content (AvgIpc) is 2.85. The third-order valence-corrected chi connectivity index (χ3v) is 4.79. The van der Waals surface area contributed by atoms with Crippen molar-refractivity contribution < 1.29 is 4.52 Å². The van der Waals surface area contributed by atoms with Gasteiger partial charge in [0.1, 0.15) is 5.69 Å². The number of nitrogens with zero attached hydrogens (tertiary/aromatic N) is 1. The molecule has 1 aromatic heterocycles. The molecule has 0 atom stereocenters. The lowest BCUT2D eigenvalue weighted by atomic mass is 10.0. The number of benzene rings is 2. The van der Waals surface area contributed by atoms with Crippen LogP contribution in [0.4, 0.5) is 5.88 Å². The summed E-state index contributed by atoms with van der Waals surface area (Å²) in [7, 11) is 0. The summed E-state index contributed by atoms with van der Waals surface area (Å²) in [5.41, 5.74) is 9.22. The number of anilines is 1. The lowest BCUT2D eigenvalue weighted by Crippen LogP contribution is -1.88. The molecule has 3 aromatic rings. The second kappa shape index (κ2) is 5.83. The van der Waals surface area contributed by atoms with Crippen molar-refractivity contribution in [3.8, 4) is 22.4 Å². The van der Waals surface area contributed by atoms with Crippen LogP contribution in [0.1, 0.15) is 0 Å². The summed E-state index contributed by atoms with van der Waals surface area (Å²) in [6.07, 6.45) is 0. The standard InChI is InChI=1S/C15H9Br2ClN2O/c16-10-4-1-8(2-5-10)13-14(20-21-15(13)19)9-3-6-12(18)11(17)7-9/h1-7H,19H2. The van der Waals surface area contributed by atoms with Gasteiger partial charge < -0.3 is 10.3 Å². The van der Waals surface area contributed by atoms with Gasteiger partial charge in [-0.05, 0) is 45.8 Å². The van der Waals surface area contributed by atoms with Crippen LogP contribution < -0.4 is 5.73 Å². The van der Waals surface area contributed by atoms with Crippen LogP contribution in [0.5, 0.6) is 0 Å². The second-order valence-corrected chi connectivity index (χ2v) is 6.58. The van der Waals surface area contributed by atoms with Crippen LogP contribution in [-0.4, -0.2) is 5.16 Å². The predicted octanol–water partition coefficient (Wildman–Crippen LogP) is 5.77. The smallest absolute Gasteiger partial charge is 0.230 e. The normalized spacial score (nSPS) is 10.8. The van der Waals surface area contributed by atoms with Crippen LogP contribution >= 0.6 is 43.5 Å². The van der Waals surface area contributed by atoms with Crippen LogP contribution in [0.15, 0.2) is 55.9 Å². The van der Waals surface area contributed by atoms with Crippen LogP contribution in [0, 0.1) is 0 Å². The van der Waals surface area contributed by atoms with Gasteiger partial charge in [-0.3, -0.25) is 0 Å². The Morgan fingerprint density at radius 1 is 1.00 bits per heavy atom. The van der Waals surface area contributed by atoms with E-state index in [0.717, 1.165) is 25.6 Å². The molecule has 0 aliphatic rings. The molecule has 6 heteroatoms. The van der Waals surface area contributed by atoms with E-state index in [0.29, 0.717) is 16.6 Å². The maximum absolute atomic E-state index is 6.03. The quantitative estimate of drug-likeness (QED) is 0.564. The monoisotopic (exact) mass is 426 g/mol. The molecule has 0 saturated carbocycles. The molecule has 0 radical (unpaired) electrons.